The first-order valence-corrected chi connectivity index (χ1v) is 13.6. The first kappa shape index (κ1) is 25.0. The van der Waals surface area contributed by atoms with E-state index in [0.717, 1.165) is 28.1 Å². The highest BCUT2D eigenvalue weighted by Gasteiger charge is 2.34. The van der Waals surface area contributed by atoms with Crippen molar-refractivity contribution in [2.75, 3.05) is 5.32 Å². The molecule has 3 aromatic carbocycles. The van der Waals surface area contributed by atoms with E-state index in [1.165, 1.54) is 30.4 Å². The van der Waals surface area contributed by atoms with E-state index in [1.54, 1.807) is 11.8 Å². The number of aromatic hydroxyl groups is 1. The maximum Gasteiger partial charge on any atom is 0.125 e. The Morgan fingerprint density at radius 3 is 2.38 bits per heavy atom. The van der Waals surface area contributed by atoms with Gasteiger partial charge in [0.1, 0.15) is 11.1 Å². The number of anilines is 1. The number of fused-ring (bicyclic) bond motifs is 1. The predicted molar refractivity (Wildman–Crippen MR) is 148 cm³/mol. The van der Waals surface area contributed by atoms with E-state index in [9.17, 15) is 5.11 Å². The molecule has 0 radical (unpaired) electrons. The highest BCUT2D eigenvalue weighted by atomic mass is 35.5. The van der Waals surface area contributed by atoms with Gasteiger partial charge in [-0.15, -0.1) is 0 Å². The lowest BCUT2D eigenvalue weighted by Gasteiger charge is -2.33. The summed E-state index contributed by atoms with van der Waals surface area (Å²) < 4.78 is 0. The van der Waals surface area contributed by atoms with Gasteiger partial charge in [0, 0.05) is 26.5 Å². The van der Waals surface area contributed by atoms with Gasteiger partial charge in [-0.3, -0.25) is 0 Å². The van der Waals surface area contributed by atoms with Crippen LogP contribution >= 0.6 is 23.4 Å². The van der Waals surface area contributed by atoms with Gasteiger partial charge in [0.25, 0.3) is 0 Å². The fraction of sp³-hybridized carbons (Fsp3) is 0.400. The average Bonchev–Trinajstić information content (AvgIpc) is 3.22. The van der Waals surface area contributed by atoms with Crippen LogP contribution in [0.15, 0.2) is 65.6 Å². The molecule has 0 aliphatic carbocycles. The Morgan fingerprint density at radius 2 is 1.68 bits per heavy atom. The number of halogens is 1. The Morgan fingerprint density at radius 1 is 0.941 bits per heavy atom. The number of rotatable bonds is 8. The van der Waals surface area contributed by atoms with Crippen LogP contribution < -0.4 is 5.32 Å². The molecule has 0 saturated heterocycles. The summed E-state index contributed by atoms with van der Waals surface area (Å²) in [5.41, 5.74) is 5.10. The van der Waals surface area contributed by atoms with Crippen molar-refractivity contribution in [1.29, 1.82) is 0 Å². The van der Waals surface area contributed by atoms with Crippen LogP contribution in [0.3, 0.4) is 0 Å². The van der Waals surface area contributed by atoms with Gasteiger partial charge >= 0.3 is 0 Å². The van der Waals surface area contributed by atoms with Crippen LogP contribution in [0.4, 0.5) is 5.69 Å². The van der Waals surface area contributed by atoms with Crippen molar-refractivity contribution in [1.82, 2.24) is 0 Å². The lowest BCUT2D eigenvalue weighted by molar-refractivity contribution is 0.433. The van der Waals surface area contributed by atoms with Crippen LogP contribution in [0.1, 0.15) is 87.9 Å². The lowest BCUT2D eigenvalue weighted by Crippen LogP contribution is -2.23. The Hall–Kier alpha value is -2.10. The first-order valence-electron chi connectivity index (χ1n) is 12.3. The van der Waals surface area contributed by atoms with Crippen LogP contribution in [0.25, 0.3) is 0 Å². The van der Waals surface area contributed by atoms with Crippen molar-refractivity contribution in [3.63, 3.8) is 0 Å². The van der Waals surface area contributed by atoms with Crippen LogP contribution in [0, 0.1) is 0 Å². The van der Waals surface area contributed by atoms with Crippen molar-refractivity contribution >= 4 is 29.1 Å². The third-order valence-corrected chi connectivity index (χ3v) is 8.70. The van der Waals surface area contributed by atoms with Gasteiger partial charge < -0.3 is 10.4 Å². The van der Waals surface area contributed by atoms with Gasteiger partial charge in [0.05, 0.1) is 5.69 Å². The minimum Gasteiger partial charge on any atom is -0.507 e. The lowest BCUT2D eigenvalue weighted by atomic mass is 9.72. The SMILES string of the molecule is CCCCCC(C)(C)c1cc(C2Nc3cc(Cl)ccc3S2)c(O)c(C(C)(C)c2ccccc2)c1. The van der Waals surface area contributed by atoms with Gasteiger partial charge in [-0.25, -0.2) is 0 Å². The third kappa shape index (κ3) is 4.97. The van der Waals surface area contributed by atoms with Gasteiger partial charge in [0.2, 0.25) is 0 Å². The van der Waals surface area contributed by atoms with Crippen molar-refractivity contribution in [2.45, 2.75) is 81.4 Å². The molecule has 4 rings (SSSR count). The summed E-state index contributed by atoms with van der Waals surface area (Å²) in [7, 11) is 0. The van der Waals surface area contributed by atoms with Crippen LogP contribution in [-0.2, 0) is 10.8 Å². The van der Waals surface area contributed by atoms with E-state index in [1.807, 2.05) is 18.2 Å². The summed E-state index contributed by atoms with van der Waals surface area (Å²) in [5.74, 6) is 0.380. The molecule has 180 valence electrons. The number of hydrogen-bond acceptors (Lipinski definition) is 3. The topological polar surface area (TPSA) is 32.3 Å². The molecule has 0 amide bonds. The van der Waals surface area contributed by atoms with E-state index in [-0.39, 0.29) is 16.2 Å². The molecule has 0 fully saturated rings. The fourth-order valence-corrected chi connectivity index (χ4v) is 6.16. The number of unbranched alkanes of at least 4 members (excludes halogenated alkanes) is 2. The van der Waals surface area contributed by atoms with E-state index in [0.29, 0.717) is 10.8 Å². The van der Waals surface area contributed by atoms with Gasteiger partial charge in [0.15, 0.2) is 0 Å². The predicted octanol–water partition coefficient (Wildman–Crippen LogP) is 9.45. The smallest absolute Gasteiger partial charge is 0.125 e. The Bertz CT molecular complexity index is 1160. The van der Waals surface area contributed by atoms with E-state index in [2.05, 4.69) is 82.4 Å². The number of phenols is 1. The van der Waals surface area contributed by atoms with Crippen molar-refractivity contribution in [2.24, 2.45) is 0 Å². The van der Waals surface area contributed by atoms with Gasteiger partial charge in [-0.2, -0.15) is 0 Å². The minimum atomic E-state index is -0.338. The molecule has 34 heavy (non-hydrogen) atoms. The molecule has 2 nitrogen and oxygen atoms in total. The summed E-state index contributed by atoms with van der Waals surface area (Å²) in [6, 6.07) is 20.9. The van der Waals surface area contributed by atoms with Crippen molar-refractivity contribution < 1.29 is 5.11 Å². The molecule has 0 bridgehead atoms. The summed E-state index contributed by atoms with van der Waals surface area (Å²) in [4.78, 5) is 1.16. The maximum absolute atomic E-state index is 11.7. The summed E-state index contributed by atoms with van der Waals surface area (Å²) >= 11 is 7.99. The van der Waals surface area contributed by atoms with E-state index < -0.39 is 0 Å². The van der Waals surface area contributed by atoms with Crippen molar-refractivity contribution in [3.8, 4) is 5.75 Å². The summed E-state index contributed by atoms with van der Waals surface area (Å²) in [6.45, 7) is 11.3. The largest absolute Gasteiger partial charge is 0.507 e. The van der Waals surface area contributed by atoms with Crippen LogP contribution in [0.5, 0.6) is 5.75 Å². The molecule has 0 saturated carbocycles. The monoisotopic (exact) mass is 493 g/mol. The Balaban J connectivity index is 1.82. The van der Waals surface area contributed by atoms with Gasteiger partial charge in [-0.05, 0) is 47.2 Å². The molecule has 2 N–H and O–H groups in total. The molecule has 3 aromatic rings. The van der Waals surface area contributed by atoms with Crippen LogP contribution in [-0.4, -0.2) is 5.11 Å². The Kier molecular flexibility index (Phi) is 7.26. The first-order chi connectivity index (χ1) is 16.1. The molecule has 0 spiro atoms. The third-order valence-electron chi connectivity index (χ3n) is 7.25. The number of thioether (sulfide) groups is 1. The normalized spacial score (nSPS) is 15.8. The summed E-state index contributed by atoms with van der Waals surface area (Å²) in [5, 5.41) is 16.0. The molecule has 0 aromatic heterocycles. The zero-order valence-electron chi connectivity index (χ0n) is 20.9. The Labute approximate surface area is 214 Å². The zero-order valence-corrected chi connectivity index (χ0v) is 22.5. The van der Waals surface area contributed by atoms with Crippen LogP contribution in [0.2, 0.25) is 5.02 Å². The highest BCUT2D eigenvalue weighted by molar-refractivity contribution is 8.00. The molecule has 1 aliphatic rings. The number of phenolic OH excluding ortho intramolecular Hbond substituents is 1. The molecule has 4 heteroatoms. The standard InChI is InChI=1S/C30H36ClNOS/c1-6-7-11-16-29(2,3)21-17-23(28-32-25-19-22(31)14-15-26(25)34-28)27(33)24(18-21)30(4,5)20-12-9-8-10-13-20/h8-10,12-15,17-19,28,32-33H,6-7,11,16H2,1-5H3. The number of hydrogen-bond donors (Lipinski definition) is 2. The van der Waals surface area contributed by atoms with Gasteiger partial charge in [-0.1, -0.05) is 114 Å². The summed E-state index contributed by atoms with van der Waals surface area (Å²) in [6.07, 6.45) is 4.79. The van der Waals surface area contributed by atoms with E-state index >= 15 is 0 Å². The molecule has 1 unspecified atom stereocenters. The zero-order chi connectivity index (χ0) is 24.5. The minimum absolute atomic E-state index is 0.0125. The molecule has 1 aliphatic heterocycles. The second-order valence-electron chi connectivity index (χ2n) is 10.6. The molecular formula is C30H36ClNOS. The van der Waals surface area contributed by atoms with E-state index in [4.69, 9.17) is 11.6 Å². The molecular weight excluding hydrogens is 458 g/mol. The molecule has 1 heterocycles. The second kappa shape index (κ2) is 9.87. The second-order valence-corrected chi connectivity index (χ2v) is 12.2. The average molecular weight is 494 g/mol. The fourth-order valence-electron chi connectivity index (χ4n) is 4.85. The number of benzene rings is 3. The maximum atomic E-state index is 11.7. The van der Waals surface area contributed by atoms with Crippen molar-refractivity contribution in [3.05, 3.63) is 87.9 Å². The number of nitrogens with one attached hydrogen (secondary N) is 1. The molecule has 1 atom stereocenters. The highest BCUT2D eigenvalue weighted by Crippen LogP contribution is 2.52. The quantitative estimate of drug-likeness (QED) is 0.306.